The van der Waals surface area contributed by atoms with Crippen LogP contribution in [0, 0.1) is 0 Å². The third kappa shape index (κ3) is 5.28. The number of phenolic OH excluding ortho intramolecular Hbond substituents is 1. The molecule has 2 amide bonds. The molecule has 6 heteroatoms. The van der Waals surface area contributed by atoms with E-state index >= 15 is 0 Å². The zero-order valence-corrected chi connectivity index (χ0v) is 12.4. The van der Waals surface area contributed by atoms with E-state index in [0.717, 1.165) is 0 Å². The monoisotopic (exact) mass is 311 g/mol. The van der Waals surface area contributed by atoms with E-state index in [1.54, 1.807) is 42.5 Å². The largest absolute Gasteiger partial charge is 0.507 e. The van der Waals surface area contributed by atoms with Crippen molar-refractivity contribution in [3.05, 3.63) is 65.7 Å². The SMILES string of the molecule is O=C(CCNC(=O)c1ccccc1)N/N=C\c1ccccc1O. The van der Waals surface area contributed by atoms with Gasteiger partial charge in [-0.15, -0.1) is 0 Å². The maximum absolute atomic E-state index is 11.8. The second-order valence-corrected chi connectivity index (χ2v) is 4.72. The maximum Gasteiger partial charge on any atom is 0.251 e. The van der Waals surface area contributed by atoms with Gasteiger partial charge in [0.2, 0.25) is 5.91 Å². The number of nitrogens with one attached hydrogen (secondary N) is 2. The first-order chi connectivity index (χ1) is 11.2. The molecule has 0 unspecified atom stereocenters. The van der Waals surface area contributed by atoms with E-state index in [1.807, 2.05) is 6.07 Å². The van der Waals surface area contributed by atoms with E-state index in [9.17, 15) is 14.7 Å². The number of nitrogens with zero attached hydrogens (tertiary/aromatic N) is 1. The van der Waals surface area contributed by atoms with Crippen LogP contribution < -0.4 is 10.7 Å². The van der Waals surface area contributed by atoms with Crippen LogP contribution in [0.1, 0.15) is 22.3 Å². The molecule has 23 heavy (non-hydrogen) atoms. The summed E-state index contributed by atoms with van der Waals surface area (Å²) in [6.45, 7) is 0.214. The number of hydrazone groups is 1. The maximum atomic E-state index is 11.8. The van der Waals surface area contributed by atoms with E-state index in [1.165, 1.54) is 12.3 Å². The molecule has 0 aliphatic carbocycles. The molecule has 0 radical (unpaired) electrons. The summed E-state index contributed by atoms with van der Waals surface area (Å²) < 4.78 is 0. The minimum absolute atomic E-state index is 0.0839. The van der Waals surface area contributed by atoms with Crippen LogP contribution in [0.3, 0.4) is 0 Å². The molecule has 0 aliphatic heterocycles. The molecule has 0 spiro atoms. The van der Waals surface area contributed by atoms with Crippen molar-refractivity contribution in [1.29, 1.82) is 0 Å². The molecule has 0 saturated carbocycles. The van der Waals surface area contributed by atoms with Crippen LogP contribution in [0.2, 0.25) is 0 Å². The lowest BCUT2D eigenvalue weighted by atomic mass is 10.2. The number of rotatable bonds is 6. The molecule has 0 fully saturated rings. The zero-order chi connectivity index (χ0) is 16.5. The van der Waals surface area contributed by atoms with Crippen LogP contribution in [-0.4, -0.2) is 29.7 Å². The third-order valence-corrected chi connectivity index (χ3v) is 3.00. The lowest BCUT2D eigenvalue weighted by Gasteiger charge is -2.04. The molecule has 3 N–H and O–H groups in total. The predicted octanol–water partition coefficient (Wildman–Crippen LogP) is 1.66. The fourth-order valence-electron chi connectivity index (χ4n) is 1.81. The number of carbonyl (C=O) groups excluding carboxylic acids is 2. The Kier molecular flexibility index (Phi) is 5.88. The molecular weight excluding hydrogens is 294 g/mol. The van der Waals surface area contributed by atoms with E-state index in [4.69, 9.17) is 0 Å². The fourth-order valence-corrected chi connectivity index (χ4v) is 1.81. The Morgan fingerprint density at radius 3 is 2.48 bits per heavy atom. The summed E-state index contributed by atoms with van der Waals surface area (Å²) in [7, 11) is 0. The number of benzene rings is 2. The van der Waals surface area contributed by atoms with Crippen molar-refractivity contribution in [1.82, 2.24) is 10.7 Å². The van der Waals surface area contributed by atoms with Gasteiger partial charge in [-0.3, -0.25) is 9.59 Å². The van der Waals surface area contributed by atoms with Crippen molar-refractivity contribution in [2.45, 2.75) is 6.42 Å². The van der Waals surface area contributed by atoms with Gasteiger partial charge in [-0.05, 0) is 24.3 Å². The van der Waals surface area contributed by atoms with Gasteiger partial charge in [-0.25, -0.2) is 5.43 Å². The third-order valence-electron chi connectivity index (χ3n) is 3.00. The summed E-state index contributed by atoms with van der Waals surface area (Å²) in [6, 6.07) is 15.4. The zero-order valence-electron chi connectivity index (χ0n) is 12.4. The molecule has 0 aromatic heterocycles. The highest BCUT2D eigenvalue weighted by Crippen LogP contribution is 2.12. The Bertz CT molecular complexity index is 699. The van der Waals surface area contributed by atoms with E-state index < -0.39 is 0 Å². The van der Waals surface area contributed by atoms with Crippen LogP contribution in [0.15, 0.2) is 59.7 Å². The first-order valence-corrected chi connectivity index (χ1v) is 7.10. The van der Waals surface area contributed by atoms with Crippen molar-refractivity contribution >= 4 is 18.0 Å². The van der Waals surface area contributed by atoms with Gasteiger partial charge in [0, 0.05) is 24.1 Å². The molecule has 2 aromatic rings. The smallest absolute Gasteiger partial charge is 0.251 e. The number of phenols is 1. The summed E-state index contributed by atoms with van der Waals surface area (Å²) in [5.74, 6) is -0.471. The average molecular weight is 311 g/mol. The standard InChI is InChI=1S/C17H17N3O3/c21-15-9-5-4-8-14(15)12-19-20-16(22)10-11-18-17(23)13-6-2-1-3-7-13/h1-9,12,21H,10-11H2,(H,18,23)(H,20,22)/b19-12-. The number of hydrogen-bond donors (Lipinski definition) is 3. The van der Waals surface area contributed by atoms with Crippen molar-refractivity contribution in [3.8, 4) is 5.75 Å². The second kappa shape index (κ2) is 8.33. The van der Waals surface area contributed by atoms with E-state index in [2.05, 4.69) is 15.8 Å². The first-order valence-electron chi connectivity index (χ1n) is 7.10. The van der Waals surface area contributed by atoms with Crippen LogP contribution in [-0.2, 0) is 4.79 Å². The fraction of sp³-hybridized carbons (Fsp3) is 0.118. The van der Waals surface area contributed by atoms with Crippen molar-refractivity contribution in [2.24, 2.45) is 5.10 Å². The highest BCUT2D eigenvalue weighted by Gasteiger charge is 2.05. The molecule has 118 valence electrons. The molecule has 0 heterocycles. The highest BCUT2D eigenvalue weighted by atomic mass is 16.3. The lowest BCUT2D eigenvalue weighted by molar-refractivity contribution is -0.120. The number of carbonyl (C=O) groups is 2. The highest BCUT2D eigenvalue weighted by molar-refractivity contribution is 5.94. The Labute approximate surface area is 133 Å². The van der Waals surface area contributed by atoms with Gasteiger partial charge in [0.25, 0.3) is 5.91 Å². The molecular formula is C17H17N3O3. The summed E-state index contributed by atoms with van der Waals surface area (Å²) in [5, 5.41) is 16.0. The molecule has 0 atom stereocenters. The summed E-state index contributed by atoms with van der Waals surface area (Å²) >= 11 is 0. The molecule has 0 bridgehead atoms. The predicted molar refractivity (Wildman–Crippen MR) is 87.2 cm³/mol. The van der Waals surface area contributed by atoms with Crippen LogP contribution in [0.25, 0.3) is 0 Å². The molecule has 6 nitrogen and oxygen atoms in total. The first kappa shape index (κ1) is 16.2. The topological polar surface area (TPSA) is 90.8 Å². The Hall–Kier alpha value is -3.15. The molecule has 0 saturated heterocycles. The summed E-state index contributed by atoms with van der Waals surface area (Å²) in [6.07, 6.45) is 1.46. The minimum Gasteiger partial charge on any atom is -0.507 e. The number of hydrogen-bond acceptors (Lipinski definition) is 4. The number of amides is 2. The average Bonchev–Trinajstić information content (AvgIpc) is 2.57. The van der Waals surface area contributed by atoms with Crippen molar-refractivity contribution in [2.75, 3.05) is 6.54 Å². The van der Waals surface area contributed by atoms with Crippen LogP contribution >= 0.6 is 0 Å². The summed E-state index contributed by atoms with van der Waals surface area (Å²) in [5.41, 5.74) is 3.39. The Balaban J connectivity index is 1.71. The van der Waals surface area contributed by atoms with Gasteiger partial charge in [0.1, 0.15) is 5.75 Å². The minimum atomic E-state index is -0.329. The number of aromatic hydroxyl groups is 1. The van der Waals surface area contributed by atoms with Gasteiger partial charge in [-0.1, -0.05) is 30.3 Å². The summed E-state index contributed by atoms with van der Waals surface area (Å²) in [4.78, 5) is 23.4. The van der Waals surface area contributed by atoms with Crippen molar-refractivity contribution in [3.63, 3.8) is 0 Å². The van der Waals surface area contributed by atoms with E-state index in [-0.39, 0.29) is 30.5 Å². The Morgan fingerprint density at radius 2 is 1.74 bits per heavy atom. The molecule has 0 aliphatic rings. The molecule has 2 aromatic carbocycles. The van der Waals surface area contributed by atoms with Gasteiger partial charge >= 0.3 is 0 Å². The molecule has 2 rings (SSSR count). The van der Waals surface area contributed by atoms with Gasteiger partial charge in [0.05, 0.1) is 6.21 Å². The van der Waals surface area contributed by atoms with Crippen LogP contribution in [0.5, 0.6) is 5.75 Å². The number of para-hydroxylation sites is 1. The van der Waals surface area contributed by atoms with E-state index in [0.29, 0.717) is 11.1 Å². The lowest BCUT2D eigenvalue weighted by Crippen LogP contribution is -2.28. The van der Waals surface area contributed by atoms with Crippen molar-refractivity contribution < 1.29 is 14.7 Å². The quantitative estimate of drug-likeness (QED) is 0.560. The second-order valence-electron chi connectivity index (χ2n) is 4.72. The Morgan fingerprint density at radius 1 is 1.04 bits per heavy atom. The van der Waals surface area contributed by atoms with Crippen LogP contribution in [0.4, 0.5) is 0 Å². The van der Waals surface area contributed by atoms with Gasteiger partial charge in [0.15, 0.2) is 0 Å². The van der Waals surface area contributed by atoms with Gasteiger partial charge in [-0.2, -0.15) is 5.10 Å². The van der Waals surface area contributed by atoms with Gasteiger partial charge < -0.3 is 10.4 Å². The normalized spacial score (nSPS) is 10.4.